The molecule has 2 aromatic carbocycles. The molecular formula is C19H20N2O5. The van der Waals surface area contributed by atoms with Gasteiger partial charge in [-0.2, -0.15) is 0 Å². The van der Waals surface area contributed by atoms with E-state index < -0.39 is 18.5 Å². The number of rotatable bonds is 8. The van der Waals surface area contributed by atoms with Gasteiger partial charge in [-0.3, -0.25) is 9.59 Å². The minimum Gasteiger partial charge on any atom is -0.452 e. The minimum absolute atomic E-state index is 0.0783. The van der Waals surface area contributed by atoms with Gasteiger partial charge in [-0.1, -0.05) is 24.3 Å². The van der Waals surface area contributed by atoms with E-state index in [0.29, 0.717) is 16.9 Å². The minimum atomic E-state index is -0.654. The van der Waals surface area contributed by atoms with Crippen molar-refractivity contribution in [2.45, 2.75) is 6.92 Å². The number of carbonyl (C=O) groups excluding carboxylic acids is 3. The fourth-order valence-electron chi connectivity index (χ4n) is 2.23. The fourth-order valence-corrected chi connectivity index (χ4v) is 2.23. The number of hydrogen-bond donors (Lipinski definition) is 3. The molecule has 0 spiro atoms. The predicted molar refractivity (Wildman–Crippen MR) is 97.4 cm³/mol. The third-order valence-corrected chi connectivity index (χ3v) is 3.46. The van der Waals surface area contributed by atoms with Crippen molar-refractivity contribution in [3.63, 3.8) is 0 Å². The number of Topliss-reactive ketones (excluding diaryl/α,β-unsaturated/α-hetero) is 1. The molecule has 0 atom stereocenters. The highest BCUT2D eigenvalue weighted by atomic mass is 16.5. The molecule has 0 aliphatic rings. The Morgan fingerprint density at radius 2 is 1.85 bits per heavy atom. The normalized spacial score (nSPS) is 10.1. The number of anilines is 2. The summed E-state index contributed by atoms with van der Waals surface area (Å²) < 4.78 is 5.04. The summed E-state index contributed by atoms with van der Waals surface area (Å²) in [5, 5.41) is 14.4. The SMILES string of the molecule is CC(=O)c1cccc(NC(=O)COC(=O)c2ccccc2NCCO)c1. The molecule has 0 aliphatic carbocycles. The summed E-state index contributed by atoms with van der Waals surface area (Å²) in [6.07, 6.45) is 0. The molecule has 0 radical (unpaired) electrons. The van der Waals surface area contributed by atoms with Crippen molar-refractivity contribution >= 4 is 29.0 Å². The van der Waals surface area contributed by atoms with Gasteiger partial charge in [0.05, 0.1) is 12.2 Å². The van der Waals surface area contributed by atoms with Gasteiger partial charge in [0.1, 0.15) is 0 Å². The number of aliphatic hydroxyl groups excluding tert-OH is 1. The molecule has 0 bridgehead atoms. The van der Waals surface area contributed by atoms with Crippen molar-refractivity contribution in [2.24, 2.45) is 0 Å². The van der Waals surface area contributed by atoms with Crippen LogP contribution >= 0.6 is 0 Å². The molecule has 0 unspecified atom stereocenters. The van der Waals surface area contributed by atoms with E-state index >= 15 is 0 Å². The second-order valence-corrected chi connectivity index (χ2v) is 5.46. The van der Waals surface area contributed by atoms with E-state index in [1.165, 1.54) is 6.92 Å². The number of hydrogen-bond acceptors (Lipinski definition) is 6. The Bertz CT molecular complexity index is 804. The van der Waals surface area contributed by atoms with Crippen LogP contribution in [0.5, 0.6) is 0 Å². The highest BCUT2D eigenvalue weighted by molar-refractivity contribution is 5.99. The van der Waals surface area contributed by atoms with Crippen molar-refractivity contribution in [3.8, 4) is 0 Å². The van der Waals surface area contributed by atoms with Crippen molar-refractivity contribution in [3.05, 3.63) is 59.7 Å². The van der Waals surface area contributed by atoms with Crippen LogP contribution in [0.15, 0.2) is 48.5 Å². The average Bonchev–Trinajstić information content (AvgIpc) is 2.65. The number of carbonyl (C=O) groups is 3. The van der Waals surface area contributed by atoms with Crippen LogP contribution in [0.1, 0.15) is 27.6 Å². The standard InChI is InChI=1S/C19H20N2O5/c1-13(23)14-5-4-6-15(11-14)21-18(24)12-26-19(25)16-7-2-3-8-17(16)20-9-10-22/h2-8,11,20,22H,9-10,12H2,1H3,(H,21,24). The Hall–Kier alpha value is -3.19. The maximum absolute atomic E-state index is 12.2. The molecule has 0 aliphatic heterocycles. The summed E-state index contributed by atoms with van der Waals surface area (Å²) in [6.45, 7) is 1.19. The fraction of sp³-hybridized carbons (Fsp3) is 0.211. The van der Waals surface area contributed by atoms with Gasteiger partial charge in [0.25, 0.3) is 5.91 Å². The number of ether oxygens (including phenoxy) is 1. The molecule has 26 heavy (non-hydrogen) atoms. The maximum atomic E-state index is 12.2. The van der Waals surface area contributed by atoms with Crippen LogP contribution in [0.2, 0.25) is 0 Å². The van der Waals surface area contributed by atoms with Crippen LogP contribution in [-0.4, -0.2) is 42.5 Å². The first kappa shape index (κ1) is 19.1. The lowest BCUT2D eigenvalue weighted by Gasteiger charge is -2.11. The first-order valence-electron chi connectivity index (χ1n) is 8.03. The molecule has 136 valence electrons. The lowest BCUT2D eigenvalue weighted by atomic mass is 10.1. The molecule has 0 saturated carbocycles. The van der Waals surface area contributed by atoms with Crippen molar-refractivity contribution < 1.29 is 24.2 Å². The first-order chi connectivity index (χ1) is 12.5. The van der Waals surface area contributed by atoms with Crippen LogP contribution in [0.25, 0.3) is 0 Å². The Morgan fingerprint density at radius 1 is 1.08 bits per heavy atom. The number of benzene rings is 2. The van der Waals surface area contributed by atoms with Gasteiger partial charge in [-0.15, -0.1) is 0 Å². The first-order valence-corrected chi connectivity index (χ1v) is 8.03. The van der Waals surface area contributed by atoms with Gasteiger partial charge in [-0.25, -0.2) is 4.79 Å². The summed E-state index contributed by atoms with van der Waals surface area (Å²) in [7, 11) is 0. The second kappa shape index (κ2) is 9.33. The number of para-hydroxylation sites is 1. The van der Waals surface area contributed by atoms with E-state index in [9.17, 15) is 14.4 Å². The molecule has 0 aromatic heterocycles. The molecule has 7 nitrogen and oxygen atoms in total. The zero-order valence-electron chi connectivity index (χ0n) is 14.3. The summed E-state index contributed by atoms with van der Waals surface area (Å²) in [4.78, 5) is 35.5. The number of aliphatic hydroxyl groups is 1. The third-order valence-electron chi connectivity index (χ3n) is 3.46. The van der Waals surface area contributed by atoms with Crippen LogP contribution in [0.4, 0.5) is 11.4 Å². The average molecular weight is 356 g/mol. The van der Waals surface area contributed by atoms with Crippen LogP contribution in [0.3, 0.4) is 0 Å². The number of ketones is 1. The molecule has 0 heterocycles. The van der Waals surface area contributed by atoms with Crippen molar-refractivity contribution in [1.82, 2.24) is 0 Å². The van der Waals surface area contributed by atoms with E-state index in [2.05, 4.69) is 10.6 Å². The number of amides is 1. The second-order valence-electron chi connectivity index (χ2n) is 5.46. The monoisotopic (exact) mass is 356 g/mol. The number of nitrogens with one attached hydrogen (secondary N) is 2. The summed E-state index contributed by atoms with van der Waals surface area (Å²) in [5.74, 6) is -1.28. The largest absolute Gasteiger partial charge is 0.452 e. The highest BCUT2D eigenvalue weighted by Crippen LogP contribution is 2.16. The zero-order chi connectivity index (χ0) is 18.9. The Balaban J connectivity index is 1.94. The lowest BCUT2D eigenvalue weighted by Crippen LogP contribution is -2.21. The topological polar surface area (TPSA) is 105 Å². The zero-order valence-corrected chi connectivity index (χ0v) is 14.3. The number of esters is 1. The van der Waals surface area contributed by atoms with E-state index in [1.807, 2.05) is 0 Å². The van der Waals surface area contributed by atoms with E-state index in [4.69, 9.17) is 9.84 Å². The smallest absolute Gasteiger partial charge is 0.340 e. The quantitative estimate of drug-likeness (QED) is 0.494. The Morgan fingerprint density at radius 3 is 2.58 bits per heavy atom. The van der Waals surface area contributed by atoms with Crippen LogP contribution < -0.4 is 10.6 Å². The Kier molecular flexibility index (Phi) is 6.87. The summed E-state index contributed by atoms with van der Waals surface area (Å²) >= 11 is 0. The van der Waals surface area contributed by atoms with Crippen LogP contribution in [-0.2, 0) is 9.53 Å². The highest BCUT2D eigenvalue weighted by Gasteiger charge is 2.14. The van der Waals surface area contributed by atoms with Gasteiger partial charge in [0.15, 0.2) is 12.4 Å². The summed E-state index contributed by atoms with van der Waals surface area (Å²) in [6, 6.07) is 13.2. The molecule has 1 amide bonds. The van der Waals surface area contributed by atoms with Gasteiger partial charge < -0.3 is 20.5 Å². The van der Waals surface area contributed by atoms with Gasteiger partial charge >= 0.3 is 5.97 Å². The molecular weight excluding hydrogens is 336 g/mol. The van der Waals surface area contributed by atoms with Gasteiger partial charge in [0, 0.05) is 23.5 Å². The van der Waals surface area contributed by atoms with Crippen molar-refractivity contribution in [2.75, 3.05) is 30.4 Å². The molecule has 0 saturated heterocycles. The molecule has 0 fully saturated rings. The molecule has 7 heteroatoms. The van der Waals surface area contributed by atoms with Gasteiger partial charge in [0.2, 0.25) is 0 Å². The third kappa shape index (κ3) is 5.42. The maximum Gasteiger partial charge on any atom is 0.340 e. The van der Waals surface area contributed by atoms with Gasteiger partial charge in [-0.05, 0) is 31.2 Å². The van der Waals surface area contributed by atoms with E-state index in [-0.39, 0.29) is 24.5 Å². The van der Waals surface area contributed by atoms with E-state index in [0.717, 1.165) is 0 Å². The Labute approximate surface area is 151 Å². The molecule has 3 N–H and O–H groups in total. The van der Waals surface area contributed by atoms with Crippen molar-refractivity contribution in [1.29, 1.82) is 0 Å². The summed E-state index contributed by atoms with van der Waals surface area (Å²) in [5.41, 5.74) is 1.71. The van der Waals surface area contributed by atoms with E-state index in [1.54, 1.807) is 48.5 Å². The molecule has 2 rings (SSSR count). The lowest BCUT2D eigenvalue weighted by molar-refractivity contribution is -0.119. The predicted octanol–water partition coefficient (Wildman–Crippen LogP) is 2.09. The van der Waals surface area contributed by atoms with Crippen LogP contribution in [0, 0.1) is 0 Å². The molecule has 2 aromatic rings.